The van der Waals surface area contributed by atoms with Crippen LogP contribution in [0.2, 0.25) is 0 Å². The summed E-state index contributed by atoms with van der Waals surface area (Å²) >= 11 is 0. The third-order valence-electron chi connectivity index (χ3n) is 4.83. The zero-order valence-electron chi connectivity index (χ0n) is 18.4. The monoisotopic (exact) mass is 464 g/mol. The van der Waals surface area contributed by atoms with Crippen molar-refractivity contribution >= 4 is 23.9 Å². The van der Waals surface area contributed by atoms with Gasteiger partial charge in [0.25, 0.3) is 5.56 Å². The van der Waals surface area contributed by atoms with Gasteiger partial charge in [-0.15, -0.1) is 0 Å². The summed E-state index contributed by atoms with van der Waals surface area (Å²) in [5.41, 5.74) is 5.16. The van der Waals surface area contributed by atoms with Gasteiger partial charge in [0.1, 0.15) is 18.2 Å². The Balaban J connectivity index is 1.37. The second kappa shape index (κ2) is 11.1. The molecule has 172 valence electrons. The number of carbonyl (C=O) groups is 1. The van der Waals surface area contributed by atoms with Crippen molar-refractivity contribution in [2.75, 3.05) is 10.7 Å². The quantitative estimate of drug-likeness (QED) is 0.272. The van der Waals surface area contributed by atoms with Crippen LogP contribution in [0, 0.1) is 11.3 Å². The normalized spacial score (nSPS) is 10.5. The number of benzene rings is 3. The Bertz CT molecular complexity index is 1430. The molecule has 1 amide bonds. The zero-order valence-corrected chi connectivity index (χ0v) is 18.4. The van der Waals surface area contributed by atoms with Crippen molar-refractivity contribution < 1.29 is 9.53 Å². The lowest BCUT2D eigenvalue weighted by Crippen LogP contribution is -2.16. The van der Waals surface area contributed by atoms with Crippen LogP contribution >= 0.6 is 0 Å². The topological polar surface area (TPSA) is 132 Å². The van der Waals surface area contributed by atoms with Gasteiger partial charge in [-0.2, -0.15) is 10.4 Å². The second-order valence-electron chi connectivity index (χ2n) is 7.29. The number of aromatic amines is 1. The molecule has 3 aromatic carbocycles. The molecule has 0 aliphatic heterocycles. The van der Waals surface area contributed by atoms with E-state index in [2.05, 4.69) is 25.8 Å². The maximum absolute atomic E-state index is 12.3. The number of hydrogen-bond donors (Lipinski definition) is 3. The summed E-state index contributed by atoms with van der Waals surface area (Å²) < 4.78 is 5.20. The third-order valence-corrected chi connectivity index (χ3v) is 4.83. The van der Waals surface area contributed by atoms with Crippen molar-refractivity contribution in [2.24, 2.45) is 5.10 Å². The van der Waals surface area contributed by atoms with E-state index in [1.165, 1.54) is 6.21 Å². The third kappa shape index (κ3) is 6.18. The van der Waals surface area contributed by atoms with Crippen LogP contribution in [-0.2, 0) is 11.3 Å². The lowest BCUT2D eigenvalue weighted by Gasteiger charge is -2.07. The minimum Gasteiger partial charge on any atom is -0.444 e. The van der Waals surface area contributed by atoms with Crippen LogP contribution in [0.5, 0.6) is 0 Å². The number of nitrogens with one attached hydrogen (secondary N) is 3. The molecule has 1 aromatic heterocycles. The first-order chi connectivity index (χ1) is 17.1. The van der Waals surface area contributed by atoms with Crippen LogP contribution in [0.4, 0.5) is 16.4 Å². The number of ether oxygens (including phenoxy) is 1. The van der Waals surface area contributed by atoms with Gasteiger partial charge in [-0.1, -0.05) is 72.8 Å². The number of hydrazone groups is 1. The van der Waals surface area contributed by atoms with Gasteiger partial charge < -0.3 is 4.74 Å². The van der Waals surface area contributed by atoms with Gasteiger partial charge in [-0.3, -0.25) is 15.1 Å². The molecule has 0 fully saturated rings. The number of amides is 1. The number of rotatable bonds is 7. The van der Waals surface area contributed by atoms with Crippen molar-refractivity contribution in [3.63, 3.8) is 0 Å². The summed E-state index contributed by atoms with van der Waals surface area (Å²) in [5, 5.41) is 16.1. The number of nitriles is 1. The van der Waals surface area contributed by atoms with Gasteiger partial charge in [0.2, 0.25) is 5.95 Å². The predicted molar refractivity (Wildman–Crippen MR) is 133 cm³/mol. The van der Waals surface area contributed by atoms with Crippen LogP contribution in [0.3, 0.4) is 0 Å². The molecular formula is C26H20N6O3. The fraction of sp³-hybridized carbons (Fsp3) is 0.0385. The number of carbonyl (C=O) groups excluding carboxylic acids is 1. The highest BCUT2D eigenvalue weighted by Crippen LogP contribution is 2.19. The number of aromatic nitrogens is 2. The van der Waals surface area contributed by atoms with E-state index in [0.717, 1.165) is 11.1 Å². The first-order valence-corrected chi connectivity index (χ1v) is 10.6. The molecule has 0 atom stereocenters. The van der Waals surface area contributed by atoms with Crippen molar-refractivity contribution in [3.8, 4) is 17.3 Å². The van der Waals surface area contributed by atoms with Gasteiger partial charge in [0.15, 0.2) is 0 Å². The minimum absolute atomic E-state index is 0.0730. The van der Waals surface area contributed by atoms with E-state index >= 15 is 0 Å². The largest absolute Gasteiger partial charge is 0.444 e. The molecule has 0 saturated carbocycles. The molecule has 0 aliphatic carbocycles. The molecule has 9 nitrogen and oxygen atoms in total. The maximum Gasteiger partial charge on any atom is 0.411 e. The van der Waals surface area contributed by atoms with Crippen LogP contribution in [0.1, 0.15) is 16.7 Å². The lowest BCUT2D eigenvalue weighted by atomic mass is 10.1. The number of anilines is 2. The fourth-order valence-corrected chi connectivity index (χ4v) is 3.13. The highest BCUT2D eigenvalue weighted by atomic mass is 16.5. The van der Waals surface area contributed by atoms with E-state index < -0.39 is 11.7 Å². The Kier molecular flexibility index (Phi) is 7.26. The summed E-state index contributed by atoms with van der Waals surface area (Å²) in [6.45, 7) is 0.181. The summed E-state index contributed by atoms with van der Waals surface area (Å²) in [6, 6.07) is 27.2. The van der Waals surface area contributed by atoms with Gasteiger partial charge in [-0.25, -0.2) is 15.2 Å². The standard InChI is InChI=1S/C26H20N6O3/c27-15-22-23(20-9-5-2-6-10-20)30-25(31-24(22)33)32-28-16-18-11-13-21(14-12-18)29-26(34)35-17-19-7-3-1-4-8-19/h1-14,16H,17H2,(H,29,34)(H2,30,31,32,33). The van der Waals surface area contributed by atoms with E-state index in [9.17, 15) is 14.9 Å². The van der Waals surface area contributed by atoms with E-state index in [0.29, 0.717) is 11.3 Å². The van der Waals surface area contributed by atoms with Crippen LogP contribution < -0.4 is 16.3 Å². The number of nitrogens with zero attached hydrogens (tertiary/aromatic N) is 3. The summed E-state index contributed by atoms with van der Waals surface area (Å²) in [5.74, 6) is 0.101. The molecular weight excluding hydrogens is 444 g/mol. The Morgan fingerprint density at radius 1 is 1.03 bits per heavy atom. The van der Waals surface area contributed by atoms with E-state index in [1.807, 2.05) is 42.5 Å². The van der Waals surface area contributed by atoms with E-state index in [1.54, 1.807) is 48.5 Å². The smallest absolute Gasteiger partial charge is 0.411 e. The number of H-pyrrole nitrogens is 1. The average Bonchev–Trinajstić information content (AvgIpc) is 2.89. The Morgan fingerprint density at radius 2 is 1.71 bits per heavy atom. The highest BCUT2D eigenvalue weighted by molar-refractivity contribution is 5.86. The molecule has 0 bridgehead atoms. The molecule has 4 aromatic rings. The van der Waals surface area contributed by atoms with Gasteiger partial charge in [0, 0.05) is 11.3 Å². The van der Waals surface area contributed by atoms with Gasteiger partial charge in [0.05, 0.1) is 11.9 Å². The van der Waals surface area contributed by atoms with Gasteiger partial charge in [-0.05, 0) is 23.3 Å². The molecule has 9 heteroatoms. The Hall–Kier alpha value is -5.23. The van der Waals surface area contributed by atoms with Crippen molar-refractivity contribution in [1.29, 1.82) is 5.26 Å². The first-order valence-electron chi connectivity index (χ1n) is 10.6. The lowest BCUT2D eigenvalue weighted by molar-refractivity contribution is 0.155. The molecule has 35 heavy (non-hydrogen) atoms. The predicted octanol–water partition coefficient (Wildman–Crippen LogP) is 4.50. The number of hydrogen-bond acceptors (Lipinski definition) is 7. The molecule has 0 radical (unpaired) electrons. The molecule has 1 heterocycles. The molecule has 0 aliphatic rings. The van der Waals surface area contributed by atoms with Crippen LogP contribution in [0.25, 0.3) is 11.3 Å². The molecule has 3 N–H and O–H groups in total. The zero-order chi connectivity index (χ0) is 24.5. The summed E-state index contributed by atoms with van der Waals surface area (Å²) in [6.07, 6.45) is 0.972. The maximum atomic E-state index is 12.3. The minimum atomic E-state index is -0.561. The molecule has 0 spiro atoms. The SMILES string of the molecule is N#Cc1c(-c2ccccc2)nc(NN=Cc2ccc(NC(=O)OCc3ccccc3)cc2)[nH]c1=O. The molecule has 4 rings (SSSR count). The highest BCUT2D eigenvalue weighted by Gasteiger charge is 2.12. The van der Waals surface area contributed by atoms with E-state index in [-0.39, 0.29) is 23.8 Å². The van der Waals surface area contributed by atoms with Crippen molar-refractivity contribution in [2.45, 2.75) is 6.61 Å². The van der Waals surface area contributed by atoms with Crippen LogP contribution in [0.15, 0.2) is 94.8 Å². The van der Waals surface area contributed by atoms with Crippen molar-refractivity contribution in [3.05, 3.63) is 112 Å². The summed E-state index contributed by atoms with van der Waals surface area (Å²) in [4.78, 5) is 31.1. The first kappa shape index (κ1) is 22.9. The fourth-order valence-electron chi connectivity index (χ4n) is 3.13. The van der Waals surface area contributed by atoms with Crippen LogP contribution in [-0.4, -0.2) is 22.3 Å². The summed E-state index contributed by atoms with van der Waals surface area (Å²) in [7, 11) is 0. The Morgan fingerprint density at radius 3 is 2.40 bits per heavy atom. The average molecular weight is 464 g/mol. The Labute approximate surface area is 200 Å². The second-order valence-corrected chi connectivity index (χ2v) is 7.29. The molecule has 0 unspecified atom stereocenters. The molecule has 0 saturated heterocycles. The van der Waals surface area contributed by atoms with Crippen molar-refractivity contribution in [1.82, 2.24) is 9.97 Å². The van der Waals surface area contributed by atoms with Gasteiger partial charge >= 0.3 is 6.09 Å². The van der Waals surface area contributed by atoms with E-state index in [4.69, 9.17) is 4.74 Å².